The average Bonchev–Trinajstić information content (AvgIpc) is 2.28. The van der Waals surface area contributed by atoms with Crippen LogP contribution in [0.4, 0.5) is 4.39 Å². The van der Waals surface area contributed by atoms with Gasteiger partial charge < -0.3 is 15.5 Å². The van der Waals surface area contributed by atoms with E-state index in [4.69, 9.17) is 10.2 Å². The number of carbonyl (C=O) groups is 2. The molecular formula is C10H9BrFNO4. The van der Waals surface area contributed by atoms with Crippen molar-refractivity contribution in [3.05, 3.63) is 34.1 Å². The summed E-state index contributed by atoms with van der Waals surface area (Å²) in [5, 5.41) is 19.4. The number of aliphatic carboxylic acids is 1. The van der Waals surface area contributed by atoms with Crippen molar-refractivity contribution in [2.75, 3.05) is 6.61 Å². The highest BCUT2D eigenvalue weighted by molar-refractivity contribution is 9.10. The highest BCUT2D eigenvalue weighted by Crippen LogP contribution is 2.20. The summed E-state index contributed by atoms with van der Waals surface area (Å²) >= 11 is 2.88. The third-order valence-corrected chi connectivity index (χ3v) is 2.79. The number of carboxylic acid groups (broad SMARTS) is 1. The minimum atomic E-state index is -1.42. The summed E-state index contributed by atoms with van der Waals surface area (Å²) in [6.07, 6.45) is 0. The van der Waals surface area contributed by atoms with E-state index in [-0.39, 0.29) is 10.0 Å². The van der Waals surface area contributed by atoms with Gasteiger partial charge in [0, 0.05) is 0 Å². The lowest BCUT2D eigenvalue weighted by Crippen LogP contribution is -2.43. The van der Waals surface area contributed by atoms with Crippen LogP contribution < -0.4 is 5.32 Å². The monoisotopic (exact) mass is 305 g/mol. The topological polar surface area (TPSA) is 86.6 Å². The van der Waals surface area contributed by atoms with E-state index in [9.17, 15) is 14.0 Å². The maximum Gasteiger partial charge on any atom is 0.328 e. The molecule has 0 aliphatic rings. The molecule has 7 heteroatoms. The van der Waals surface area contributed by atoms with Crippen LogP contribution in [-0.2, 0) is 4.79 Å². The minimum Gasteiger partial charge on any atom is -0.480 e. The first-order valence-electron chi connectivity index (χ1n) is 4.56. The number of rotatable bonds is 4. The third-order valence-electron chi connectivity index (χ3n) is 1.98. The van der Waals surface area contributed by atoms with Crippen molar-refractivity contribution in [2.45, 2.75) is 6.04 Å². The van der Waals surface area contributed by atoms with E-state index in [0.717, 1.165) is 6.07 Å². The zero-order valence-electron chi connectivity index (χ0n) is 8.48. The fourth-order valence-corrected chi connectivity index (χ4v) is 1.55. The molecule has 0 radical (unpaired) electrons. The predicted octanol–water partition coefficient (Wildman–Crippen LogP) is 0.764. The predicted molar refractivity (Wildman–Crippen MR) is 60.1 cm³/mol. The summed E-state index contributed by atoms with van der Waals surface area (Å²) in [4.78, 5) is 22.2. The molecular weight excluding hydrogens is 297 g/mol. The third kappa shape index (κ3) is 3.24. The summed E-state index contributed by atoms with van der Waals surface area (Å²) in [7, 11) is 0. The molecule has 3 N–H and O–H groups in total. The van der Waals surface area contributed by atoms with Gasteiger partial charge >= 0.3 is 5.97 Å². The molecule has 0 bridgehead atoms. The van der Waals surface area contributed by atoms with Crippen LogP contribution in [0, 0.1) is 5.82 Å². The van der Waals surface area contributed by atoms with Crippen molar-refractivity contribution < 1.29 is 24.2 Å². The molecule has 1 amide bonds. The zero-order chi connectivity index (χ0) is 13.0. The Bertz CT molecular complexity index is 452. The number of carboxylic acids is 1. The Morgan fingerprint density at radius 1 is 1.47 bits per heavy atom. The van der Waals surface area contributed by atoms with Crippen LogP contribution in [0.2, 0.25) is 0 Å². The zero-order valence-corrected chi connectivity index (χ0v) is 10.1. The quantitative estimate of drug-likeness (QED) is 0.766. The lowest BCUT2D eigenvalue weighted by Gasteiger charge is -2.12. The Labute approximate surface area is 104 Å². The van der Waals surface area contributed by atoms with E-state index in [1.807, 2.05) is 0 Å². The number of nitrogens with one attached hydrogen (secondary N) is 1. The maximum absolute atomic E-state index is 13.1. The largest absolute Gasteiger partial charge is 0.480 e. The molecule has 0 spiro atoms. The van der Waals surface area contributed by atoms with Crippen molar-refractivity contribution in [3.8, 4) is 0 Å². The molecule has 0 saturated heterocycles. The van der Waals surface area contributed by atoms with Crippen LogP contribution in [0.5, 0.6) is 0 Å². The number of carbonyl (C=O) groups excluding carboxylic acids is 1. The van der Waals surface area contributed by atoms with Gasteiger partial charge in [0.15, 0.2) is 6.04 Å². The van der Waals surface area contributed by atoms with Gasteiger partial charge in [0.1, 0.15) is 5.82 Å². The van der Waals surface area contributed by atoms with E-state index in [1.54, 1.807) is 0 Å². The number of hydrogen-bond donors (Lipinski definition) is 3. The molecule has 0 aromatic heterocycles. The molecule has 0 aliphatic heterocycles. The van der Waals surface area contributed by atoms with Gasteiger partial charge in [-0.3, -0.25) is 4.79 Å². The molecule has 1 aromatic rings. The van der Waals surface area contributed by atoms with E-state index in [1.165, 1.54) is 12.1 Å². The molecule has 5 nitrogen and oxygen atoms in total. The maximum atomic E-state index is 13.1. The molecule has 92 valence electrons. The normalized spacial score (nSPS) is 11.9. The van der Waals surface area contributed by atoms with Gasteiger partial charge in [0.25, 0.3) is 5.91 Å². The Morgan fingerprint density at radius 2 is 2.12 bits per heavy atom. The average molecular weight is 306 g/mol. The Morgan fingerprint density at radius 3 is 2.65 bits per heavy atom. The number of hydrogen-bond acceptors (Lipinski definition) is 3. The summed E-state index contributed by atoms with van der Waals surface area (Å²) in [5.41, 5.74) is -0.0373. The van der Waals surface area contributed by atoms with E-state index < -0.39 is 30.3 Å². The van der Waals surface area contributed by atoms with Crippen LogP contribution in [0.15, 0.2) is 22.7 Å². The molecule has 0 fully saturated rings. The highest BCUT2D eigenvalue weighted by Gasteiger charge is 2.21. The number of aliphatic hydroxyl groups excluding tert-OH is 1. The fourth-order valence-electron chi connectivity index (χ4n) is 1.10. The van der Waals surface area contributed by atoms with Gasteiger partial charge in [-0.05, 0) is 28.1 Å². The van der Waals surface area contributed by atoms with Crippen molar-refractivity contribution in [1.29, 1.82) is 0 Å². The van der Waals surface area contributed by atoms with Gasteiger partial charge in [-0.15, -0.1) is 0 Å². The molecule has 17 heavy (non-hydrogen) atoms. The first-order valence-corrected chi connectivity index (χ1v) is 5.35. The Balaban J connectivity index is 2.90. The summed E-state index contributed by atoms with van der Waals surface area (Å²) in [6, 6.07) is 2.39. The van der Waals surface area contributed by atoms with Crippen molar-refractivity contribution >= 4 is 27.8 Å². The van der Waals surface area contributed by atoms with Crippen molar-refractivity contribution in [2.24, 2.45) is 0 Å². The molecule has 1 aromatic carbocycles. The lowest BCUT2D eigenvalue weighted by atomic mass is 10.2. The van der Waals surface area contributed by atoms with E-state index in [2.05, 4.69) is 21.2 Å². The molecule has 1 atom stereocenters. The SMILES string of the molecule is O=C(N[C@H](CO)C(=O)O)c1cccc(F)c1Br. The van der Waals surface area contributed by atoms with Crippen LogP contribution >= 0.6 is 15.9 Å². The fraction of sp³-hybridized carbons (Fsp3) is 0.200. The van der Waals surface area contributed by atoms with Crippen LogP contribution in [0.25, 0.3) is 0 Å². The van der Waals surface area contributed by atoms with E-state index in [0.29, 0.717) is 0 Å². The van der Waals surface area contributed by atoms with Crippen LogP contribution in [0.3, 0.4) is 0 Å². The van der Waals surface area contributed by atoms with Gasteiger partial charge in [-0.1, -0.05) is 6.07 Å². The molecule has 0 saturated carbocycles. The molecule has 0 heterocycles. The standard InChI is InChI=1S/C10H9BrFNO4/c11-8-5(2-1-3-6(8)12)9(15)13-7(4-14)10(16)17/h1-3,7,14H,4H2,(H,13,15)(H,16,17)/t7-/m1/s1. The lowest BCUT2D eigenvalue weighted by molar-refractivity contribution is -0.140. The van der Waals surface area contributed by atoms with Crippen LogP contribution in [-0.4, -0.2) is 34.7 Å². The summed E-state index contributed by atoms with van der Waals surface area (Å²) < 4.78 is 13.1. The molecule has 1 rings (SSSR count). The number of amides is 1. The Kier molecular flexibility index (Phi) is 4.59. The number of aliphatic hydroxyl groups is 1. The van der Waals surface area contributed by atoms with Crippen LogP contribution in [0.1, 0.15) is 10.4 Å². The molecule has 0 unspecified atom stereocenters. The van der Waals surface area contributed by atoms with Gasteiger partial charge in [0.2, 0.25) is 0 Å². The minimum absolute atomic E-state index is 0.0373. The summed E-state index contributed by atoms with van der Waals surface area (Å²) in [5.74, 6) is -2.78. The first-order chi connectivity index (χ1) is 7.97. The van der Waals surface area contributed by atoms with Crippen molar-refractivity contribution in [1.82, 2.24) is 5.32 Å². The Hall–Kier alpha value is -1.47. The van der Waals surface area contributed by atoms with E-state index >= 15 is 0 Å². The van der Waals surface area contributed by atoms with Gasteiger partial charge in [0.05, 0.1) is 16.6 Å². The number of halogens is 2. The van der Waals surface area contributed by atoms with Crippen molar-refractivity contribution in [3.63, 3.8) is 0 Å². The van der Waals surface area contributed by atoms with Gasteiger partial charge in [-0.2, -0.15) is 0 Å². The highest BCUT2D eigenvalue weighted by atomic mass is 79.9. The smallest absolute Gasteiger partial charge is 0.328 e. The first kappa shape index (κ1) is 13.6. The second-order valence-electron chi connectivity index (χ2n) is 3.15. The van der Waals surface area contributed by atoms with Gasteiger partial charge in [-0.25, -0.2) is 9.18 Å². The number of benzene rings is 1. The molecule has 0 aliphatic carbocycles. The summed E-state index contributed by atoms with van der Waals surface area (Å²) in [6.45, 7) is -0.742. The second-order valence-corrected chi connectivity index (χ2v) is 3.94. The second kappa shape index (κ2) is 5.74.